The molecule has 0 aliphatic carbocycles. The number of hydrogen-bond acceptors (Lipinski definition) is 6. The molecule has 0 spiro atoms. The van der Waals surface area contributed by atoms with E-state index >= 15 is 0 Å². The van der Waals surface area contributed by atoms with Gasteiger partial charge in [-0.3, -0.25) is 0 Å². The van der Waals surface area contributed by atoms with Crippen molar-refractivity contribution in [2.75, 3.05) is 14.2 Å². The molecule has 0 aromatic rings. The Balaban J connectivity index is 4.73. The summed E-state index contributed by atoms with van der Waals surface area (Å²) in [6.45, 7) is 1.34. The molecule has 0 bridgehead atoms. The Labute approximate surface area is 115 Å². The van der Waals surface area contributed by atoms with Crippen LogP contribution in [0.1, 0.15) is 6.92 Å². The minimum absolute atomic E-state index is 0.137. The van der Waals surface area contributed by atoms with E-state index in [1.807, 2.05) is 0 Å². The highest BCUT2D eigenvalue weighted by Crippen LogP contribution is 2.21. The van der Waals surface area contributed by atoms with Crippen molar-refractivity contribution < 1.29 is 28.6 Å². The van der Waals surface area contributed by atoms with Gasteiger partial charge in [-0.1, -0.05) is 0 Å². The second-order valence-corrected chi connectivity index (χ2v) is 4.28. The van der Waals surface area contributed by atoms with Crippen LogP contribution in [0.15, 0.2) is 8.96 Å². The molecule has 17 heavy (non-hydrogen) atoms. The molecule has 96 valence electrons. The smallest absolute Gasteiger partial charge is 0.347 e. The SMILES string of the molecule is COC(=O)/C(Br)=C(\Br)C(=O)O[C@@H](C)C(=O)OC. The Morgan fingerprint density at radius 2 is 1.41 bits per heavy atom. The lowest BCUT2D eigenvalue weighted by Gasteiger charge is -2.10. The van der Waals surface area contributed by atoms with Gasteiger partial charge in [0, 0.05) is 0 Å². The van der Waals surface area contributed by atoms with Crippen LogP contribution in [0.3, 0.4) is 0 Å². The number of rotatable bonds is 4. The van der Waals surface area contributed by atoms with Crippen molar-refractivity contribution in [1.29, 1.82) is 0 Å². The van der Waals surface area contributed by atoms with Gasteiger partial charge in [0.15, 0.2) is 6.10 Å². The van der Waals surface area contributed by atoms with Crippen molar-refractivity contribution in [2.24, 2.45) is 0 Å². The molecule has 0 fully saturated rings. The van der Waals surface area contributed by atoms with Crippen LogP contribution < -0.4 is 0 Å². The van der Waals surface area contributed by atoms with Crippen LogP contribution in [0, 0.1) is 0 Å². The molecule has 0 rings (SSSR count). The first-order valence-electron chi connectivity index (χ1n) is 4.27. The Morgan fingerprint density at radius 1 is 0.941 bits per heavy atom. The molecule has 0 heterocycles. The fraction of sp³-hybridized carbons (Fsp3) is 0.444. The highest BCUT2D eigenvalue weighted by atomic mass is 79.9. The molecule has 0 N–H and O–H groups in total. The highest BCUT2D eigenvalue weighted by molar-refractivity contribution is 9.14. The maximum Gasteiger partial charge on any atom is 0.347 e. The molecular weight excluding hydrogens is 364 g/mol. The quantitative estimate of drug-likeness (QED) is 0.419. The molecule has 0 aromatic carbocycles. The summed E-state index contributed by atoms with van der Waals surface area (Å²) in [6, 6.07) is 0. The molecular formula is C9H10Br2O6. The van der Waals surface area contributed by atoms with E-state index in [1.165, 1.54) is 14.0 Å². The number of hydrogen-bond donors (Lipinski definition) is 0. The molecule has 8 heteroatoms. The average Bonchev–Trinajstić information content (AvgIpc) is 2.34. The van der Waals surface area contributed by atoms with E-state index in [4.69, 9.17) is 4.74 Å². The Bertz CT molecular complexity index is 362. The zero-order valence-corrected chi connectivity index (χ0v) is 12.5. The predicted octanol–water partition coefficient (Wildman–Crippen LogP) is 1.27. The molecule has 0 aromatic heterocycles. The second kappa shape index (κ2) is 7.44. The van der Waals surface area contributed by atoms with Crippen LogP contribution >= 0.6 is 31.9 Å². The van der Waals surface area contributed by atoms with E-state index in [-0.39, 0.29) is 8.96 Å². The fourth-order valence-corrected chi connectivity index (χ4v) is 1.27. The summed E-state index contributed by atoms with van der Waals surface area (Å²) >= 11 is 5.71. The molecule has 1 atom stereocenters. The van der Waals surface area contributed by atoms with Crippen molar-refractivity contribution in [3.05, 3.63) is 8.96 Å². The van der Waals surface area contributed by atoms with E-state index in [2.05, 4.69) is 41.3 Å². The van der Waals surface area contributed by atoms with Crippen molar-refractivity contribution in [3.8, 4) is 0 Å². The Hall–Kier alpha value is -0.890. The Morgan fingerprint density at radius 3 is 1.82 bits per heavy atom. The minimum atomic E-state index is -1.07. The van der Waals surface area contributed by atoms with Crippen LogP contribution in [-0.2, 0) is 28.6 Å². The minimum Gasteiger partial charge on any atom is -0.466 e. The molecule has 0 radical (unpaired) electrons. The summed E-state index contributed by atoms with van der Waals surface area (Å²) in [5, 5.41) is 0. The van der Waals surface area contributed by atoms with Gasteiger partial charge in [-0.2, -0.15) is 0 Å². The third kappa shape index (κ3) is 4.86. The van der Waals surface area contributed by atoms with Crippen molar-refractivity contribution in [3.63, 3.8) is 0 Å². The molecule has 6 nitrogen and oxygen atoms in total. The lowest BCUT2D eigenvalue weighted by molar-refractivity contribution is -0.161. The van der Waals surface area contributed by atoms with Gasteiger partial charge in [0.25, 0.3) is 0 Å². The van der Waals surface area contributed by atoms with Gasteiger partial charge in [0.2, 0.25) is 0 Å². The summed E-state index contributed by atoms with van der Waals surface area (Å²) in [5.74, 6) is -2.34. The fourth-order valence-electron chi connectivity index (χ4n) is 0.695. The first-order chi connectivity index (χ1) is 7.84. The molecule has 0 aliphatic heterocycles. The van der Waals surface area contributed by atoms with Crippen molar-refractivity contribution >= 4 is 49.8 Å². The lowest BCUT2D eigenvalue weighted by atomic mass is 10.4. The van der Waals surface area contributed by atoms with Gasteiger partial charge in [0.05, 0.1) is 14.2 Å². The van der Waals surface area contributed by atoms with Crippen LogP contribution in [0.4, 0.5) is 0 Å². The van der Waals surface area contributed by atoms with E-state index < -0.39 is 24.0 Å². The molecule has 0 saturated carbocycles. The number of carbonyl (C=O) groups is 3. The van der Waals surface area contributed by atoms with Gasteiger partial charge in [0.1, 0.15) is 8.96 Å². The van der Waals surface area contributed by atoms with Crippen molar-refractivity contribution in [2.45, 2.75) is 13.0 Å². The van der Waals surface area contributed by atoms with Crippen LogP contribution in [-0.4, -0.2) is 38.2 Å². The largest absolute Gasteiger partial charge is 0.466 e. The first-order valence-corrected chi connectivity index (χ1v) is 5.86. The Kier molecular flexibility index (Phi) is 7.05. The van der Waals surface area contributed by atoms with Gasteiger partial charge in [-0.25, -0.2) is 14.4 Å². The van der Waals surface area contributed by atoms with E-state index in [0.717, 1.165) is 7.11 Å². The number of methoxy groups -OCH3 is 2. The monoisotopic (exact) mass is 372 g/mol. The number of ether oxygens (including phenoxy) is 3. The third-order valence-corrected chi connectivity index (χ3v) is 3.53. The average molecular weight is 374 g/mol. The van der Waals surface area contributed by atoms with Gasteiger partial charge in [-0.15, -0.1) is 0 Å². The summed E-state index contributed by atoms with van der Waals surface area (Å²) in [4.78, 5) is 33.5. The summed E-state index contributed by atoms with van der Waals surface area (Å²) in [5.41, 5.74) is 0. The number of halogens is 2. The predicted molar refractivity (Wildman–Crippen MR) is 64.5 cm³/mol. The van der Waals surface area contributed by atoms with Crippen LogP contribution in [0.5, 0.6) is 0 Å². The zero-order chi connectivity index (χ0) is 13.6. The standard InChI is InChI=1S/C9H10Br2O6/c1-4(7(12)15-2)17-9(14)6(11)5(10)8(13)16-3/h4H,1-3H3/b6-5+/t4-/m0/s1. The van der Waals surface area contributed by atoms with Crippen molar-refractivity contribution in [1.82, 2.24) is 0 Å². The van der Waals surface area contributed by atoms with Gasteiger partial charge in [-0.05, 0) is 38.8 Å². The normalized spacial score (nSPS) is 13.2. The first kappa shape index (κ1) is 16.1. The maximum absolute atomic E-state index is 11.5. The maximum atomic E-state index is 11.5. The lowest BCUT2D eigenvalue weighted by Crippen LogP contribution is -2.25. The van der Waals surface area contributed by atoms with Crippen LogP contribution in [0.25, 0.3) is 0 Å². The molecule has 0 aliphatic rings. The number of carbonyl (C=O) groups excluding carboxylic acids is 3. The van der Waals surface area contributed by atoms with E-state index in [9.17, 15) is 14.4 Å². The zero-order valence-electron chi connectivity index (χ0n) is 9.28. The summed E-state index contributed by atoms with van der Waals surface area (Å²) in [7, 11) is 2.33. The molecule has 0 saturated heterocycles. The van der Waals surface area contributed by atoms with Gasteiger partial charge >= 0.3 is 17.9 Å². The third-order valence-electron chi connectivity index (χ3n) is 1.55. The van der Waals surface area contributed by atoms with E-state index in [0.29, 0.717) is 0 Å². The van der Waals surface area contributed by atoms with E-state index in [1.54, 1.807) is 0 Å². The topological polar surface area (TPSA) is 78.9 Å². The van der Waals surface area contributed by atoms with Crippen LogP contribution in [0.2, 0.25) is 0 Å². The van der Waals surface area contributed by atoms with Gasteiger partial charge < -0.3 is 14.2 Å². The number of esters is 3. The second-order valence-electron chi connectivity index (χ2n) is 2.69. The molecule has 0 unspecified atom stereocenters. The highest BCUT2D eigenvalue weighted by Gasteiger charge is 2.23. The summed E-state index contributed by atoms with van der Waals surface area (Å²) in [6.07, 6.45) is -1.07. The summed E-state index contributed by atoms with van der Waals surface area (Å²) < 4.78 is 13.2. The molecule has 0 amide bonds.